The number of ether oxygens (including phenoxy) is 1. The Balaban J connectivity index is 1.82. The van der Waals surface area contributed by atoms with Crippen LogP contribution in [-0.2, 0) is 14.4 Å². The fourth-order valence-electron chi connectivity index (χ4n) is 3.56. The van der Waals surface area contributed by atoms with E-state index in [1.807, 2.05) is 0 Å². The molecular weight excluding hydrogens is 442 g/mol. The second kappa shape index (κ2) is 9.18. The molecule has 0 radical (unpaired) electrons. The van der Waals surface area contributed by atoms with Gasteiger partial charge in [0.15, 0.2) is 0 Å². The van der Waals surface area contributed by atoms with Gasteiger partial charge in [0.1, 0.15) is 11.4 Å². The summed E-state index contributed by atoms with van der Waals surface area (Å²) in [6.45, 7) is 1.41. The number of methoxy groups -OCH3 is 1. The van der Waals surface area contributed by atoms with Gasteiger partial charge in [-0.2, -0.15) is 0 Å². The van der Waals surface area contributed by atoms with Crippen LogP contribution in [0.25, 0.3) is 5.57 Å². The maximum absolute atomic E-state index is 13.5. The summed E-state index contributed by atoms with van der Waals surface area (Å²) in [5.74, 6) is -0.721. The number of hydrogen-bond donors (Lipinski definition) is 2. The van der Waals surface area contributed by atoms with Crippen LogP contribution in [0.2, 0.25) is 5.02 Å². The molecule has 3 aromatic carbocycles. The van der Waals surface area contributed by atoms with E-state index >= 15 is 0 Å². The number of anilines is 3. The molecule has 1 aliphatic heterocycles. The SMILES string of the molecule is COc1ccc(Cl)cc1NC1=C(c2ccc(NC(C)=O)cc2)C(=O)N(c2ccccc2)C1=O. The lowest BCUT2D eigenvalue weighted by atomic mass is 10.0. The van der Waals surface area contributed by atoms with E-state index in [1.54, 1.807) is 72.8 Å². The minimum absolute atomic E-state index is 0.0942. The third-order valence-corrected chi connectivity index (χ3v) is 5.25. The number of nitrogens with zero attached hydrogens (tertiary/aromatic N) is 1. The number of benzene rings is 3. The Morgan fingerprint density at radius 2 is 1.64 bits per heavy atom. The van der Waals surface area contributed by atoms with E-state index < -0.39 is 11.8 Å². The molecule has 2 N–H and O–H groups in total. The molecule has 0 aliphatic carbocycles. The van der Waals surface area contributed by atoms with Crippen LogP contribution < -0.4 is 20.3 Å². The molecule has 0 bridgehead atoms. The van der Waals surface area contributed by atoms with Gasteiger partial charge in [0.05, 0.1) is 24.1 Å². The van der Waals surface area contributed by atoms with Gasteiger partial charge >= 0.3 is 0 Å². The highest BCUT2D eigenvalue weighted by atomic mass is 35.5. The summed E-state index contributed by atoms with van der Waals surface area (Å²) in [4.78, 5) is 39.4. The molecule has 0 spiro atoms. The van der Waals surface area contributed by atoms with Crippen molar-refractivity contribution < 1.29 is 19.1 Å². The quantitative estimate of drug-likeness (QED) is 0.519. The fraction of sp³-hybridized carbons (Fsp3) is 0.0800. The second-order valence-corrected chi connectivity index (χ2v) is 7.70. The molecule has 33 heavy (non-hydrogen) atoms. The lowest BCUT2D eigenvalue weighted by Gasteiger charge is -2.16. The third kappa shape index (κ3) is 4.44. The number of carbonyl (C=O) groups is 3. The Kier molecular flexibility index (Phi) is 6.15. The summed E-state index contributed by atoms with van der Waals surface area (Å²) in [6, 6.07) is 20.3. The number of imide groups is 1. The lowest BCUT2D eigenvalue weighted by Crippen LogP contribution is -2.32. The predicted molar refractivity (Wildman–Crippen MR) is 128 cm³/mol. The number of para-hydroxylation sites is 1. The van der Waals surface area contributed by atoms with Crippen LogP contribution in [0.15, 0.2) is 78.5 Å². The maximum atomic E-state index is 13.5. The van der Waals surface area contributed by atoms with Crippen LogP contribution in [-0.4, -0.2) is 24.8 Å². The molecule has 0 aromatic heterocycles. The summed E-state index contributed by atoms with van der Waals surface area (Å²) in [7, 11) is 1.50. The van der Waals surface area contributed by atoms with Gasteiger partial charge in [0.2, 0.25) is 5.91 Å². The van der Waals surface area contributed by atoms with E-state index in [4.69, 9.17) is 16.3 Å². The maximum Gasteiger partial charge on any atom is 0.282 e. The van der Waals surface area contributed by atoms with E-state index in [1.165, 1.54) is 14.0 Å². The zero-order valence-corrected chi connectivity index (χ0v) is 18.6. The molecule has 4 rings (SSSR count). The Morgan fingerprint density at radius 3 is 2.27 bits per heavy atom. The van der Waals surface area contributed by atoms with Crippen LogP contribution in [0.3, 0.4) is 0 Å². The van der Waals surface area contributed by atoms with E-state index in [9.17, 15) is 14.4 Å². The largest absolute Gasteiger partial charge is 0.495 e. The molecule has 3 aromatic rings. The standard InChI is InChI=1S/C25H20ClN3O4/c1-15(30)27-18-11-8-16(9-12-18)22-23(28-20-14-17(26)10-13-21(20)33-2)25(32)29(24(22)31)19-6-4-3-5-7-19/h3-14,28H,1-2H3,(H,27,30). The van der Waals surface area contributed by atoms with E-state index in [0.717, 1.165) is 4.90 Å². The minimum atomic E-state index is -0.505. The first-order chi connectivity index (χ1) is 15.9. The van der Waals surface area contributed by atoms with Crippen molar-refractivity contribution in [3.05, 3.63) is 89.1 Å². The first-order valence-electron chi connectivity index (χ1n) is 10.1. The van der Waals surface area contributed by atoms with Gasteiger partial charge in [-0.3, -0.25) is 14.4 Å². The predicted octanol–water partition coefficient (Wildman–Crippen LogP) is 4.70. The van der Waals surface area contributed by atoms with Crippen LogP contribution >= 0.6 is 11.6 Å². The Labute approximate surface area is 195 Å². The van der Waals surface area contributed by atoms with Gasteiger partial charge < -0.3 is 15.4 Å². The molecule has 0 saturated carbocycles. The molecule has 0 atom stereocenters. The van der Waals surface area contributed by atoms with Gasteiger partial charge in [-0.05, 0) is 48.0 Å². The molecule has 0 saturated heterocycles. The molecule has 3 amide bonds. The molecule has 166 valence electrons. The summed E-state index contributed by atoms with van der Waals surface area (Å²) in [5, 5.41) is 6.19. The van der Waals surface area contributed by atoms with Gasteiger partial charge in [-0.25, -0.2) is 4.90 Å². The molecule has 0 fully saturated rings. The molecule has 1 aliphatic rings. The second-order valence-electron chi connectivity index (χ2n) is 7.26. The molecule has 8 heteroatoms. The van der Waals surface area contributed by atoms with Gasteiger partial charge in [-0.1, -0.05) is 41.9 Å². The lowest BCUT2D eigenvalue weighted by molar-refractivity contribution is -0.120. The average Bonchev–Trinajstić information content (AvgIpc) is 3.04. The smallest absolute Gasteiger partial charge is 0.282 e. The van der Waals surface area contributed by atoms with Crippen LogP contribution in [0.5, 0.6) is 5.75 Å². The fourth-order valence-corrected chi connectivity index (χ4v) is 3.73. The summed E-state index contributed by atoms with van der Waals surface area (Å²) >= 11 is 6.15. The highest BCUT2D eigenvalue weighted by Gasteiger charge is 2.40. The van der Waals surface area contributed by atoms with Crippen molar-refractivity contribution in [2.24, 2.45) is 0 Å². The third-order valence-electron chi connectivity index (χ3n) is 5.01. The van der Waals surface area contributed by atoms with E-state index in [2.05, 4.69) is 10.6 Å². The molecule has 1 heterocycles. The normalized spacial score (nSPS) is 13.4. The Morgan fingerprint density at radius 1 is 0.939 bits per heavy atom. The van der Waals surface area contributed by atoms with Crippen LogP contribution in [0, 0.1) is 0 Å². The summed E-state index contributed by atoms with van der Waals surface area (Å²) < 4.78 is 5.38. The van der Waals surface area contributed by atoms with Gasteiger partial charge in [-0.15, -0.1) is 0 Å². The first kappa shape index (κ1) is 22.1. The van der Waals surface area contributed by atoms with Crippen molar-refractivity contribution in [3.8, 4) is 5.75 Å². The van der Waals surface area contributed by atoms with Crippen molar-refractivity contribution in [2.75, 3.05) is 22.6 Å². The summed E-state index contributed by atoms with van der Waals surface area (Å²) in [5.41, 5.74) is 2.29. The topological polar surface area (TPSA) is 87.7 Å². The number of halogens is 1. The highest BCUT2D eigenvalue weighted by molar-refractivity contribution is 6.46. The van der Waals surface area contributed by atoms with Gasteiger partial charge in [0.25, 0.3) is 11.8 Å². The van der Waals surface area contributed by atoms with Gasteiger partial charge in [0, 0.05) is 17.6 Å². The van der Waals surface area contributed by atoms with Crippen molar-refractivity contribution in [1.29, 1.82) is 0 Å². The van der Waals surface area contributed by atoms with E-state index in [-0.39, 0.29) is 17.2 Å². The monoisotopic (exact) mass is 461 g/mol. The molecule has 0 unspecified atom stereocenters. The summed E-state index contributed by atoms with van der Waals surface area (Å²) in [6.07, 6.45) is 0. The van der Waals surface area contributed by atoms with Crippen molar-refractivity contribution >= 4 is 52.0 Å². The van der Waals surface area contributed by atoms with Crippen LogP contribution in [0.1, 0.15) is 12.5 Å². The van der Waals surface area contributed by atoms with Crippen molar-refractivity contribution in [2.45, 2.75) is 6.92 Å². The van der Waals surface area contributed by atoms with Crippen molar-refractivity contribution in [1.82, 2.24) is 0 Å². The van der Waals surface area contributed by atoms with Crippen LogP contribution in [0.4, 0.5) is 17.1 Å². The first-order valence-corrected chi connectivity index (χ1v) is 10.4. The number of nitrogens with one attached hydrogen (secondary N) is 2. The Hall–Kier alpha value is -4.10. The average molecular weight is 462 g/mol. The molecular formula is C25H20ClN3O4. The Bertz CT molecular complexity index is 1270. The minimum Gasteiger partial charge on any atom is -0.495 e. The number of amides is 3. The highest BCUT2D eigenvalue weighted by Crippen LogP contribution is 2.36. The number of hydrogen-bond acceptors (Lipinski definition) is 5. The zero-order valence-electron chi connectivity index (χ0n) is 17.9. The van der Waals surface area contributed by atoms with Crippen molar-refractivity contribution in [3.63, 3.8) is 0 Å². The zero-order chi connectivity index (χ0) is 23.5. The van der Waals surface area contributed by atoms with E-state index in [0.29, 0.717) is 33.4 Å². The molecule has 7 nitrogen and oxygen atoms in total. The number of rotatable bonds is 6. The number of carbonyl (C=O) groups excluding carboxylic acids is 3.